The fraction of sp³-hybridized carbons (Fsp3) is 0.882. The minimum absolute atomic E-state index is 0.249. The largest absolute Gasteiger partial charge is 0.390 e. The lowest BCUT2D eigenvalue weighted by Crippen LogP contribution is -2.25. The summed E-state index contributed by atoms with van der Waals surface area (Å²) in [6, 6.07) is 0. The summed E-state index contributed by atoms with van der Waals surface area (Å²) in [5.41, 5.74) is 0. The zero-order valence-electron chi connectivity index (χ0n) is 12.6. The van der Waals surface area contributed by atoms with E-state index in [0.29, 0.717) is 6.42 Å². The standard InChI is InChI=1S/C17H32O2/c1-3-5-6-7-8-9-10-11-12-13-15-17(19)16(18)14-4-2/h2,16-19H,3,5-15H2,1H3/t16-,17-/m1/s1. The van der Waals surface area contributed by atoms with Crippen molar-refractivity contribution in [3.63, 3.8) is 0 Å². The maximum Gasteiger partial charge on any atom is 0.0907 e. The van der Waals surface area contributed by atoms with Crippen molar-refractivity contribution in [1.29, 1.82) is 0 Å². The van der Waals surface area contributed by atoms with Crippen LogP contribution in [0.5, 0.6) is 0 Å². The summed E-state index contributed by atoms with van der Waals surface area (Å²) in [6.45, 7) is 2.24. The van der Waals surface area contributed by atoms with E-state index in [1.165, 1.54) is 51.4 Å². The Labute approximate surface area is 119 Å². The van der Waals surface area contributed by atoms with Crippen LogP contribution in [0.2, 0.25) is 0 Å². The Morgan fingerprint density at radius 2 is 1.26 bits per heavy atom. The monoisotopic (exact) mass is 268 g/mol. The van der Waals surface area contributed by atoms with Crippen LogP contribution in [0.1, 0.15) is 84.0 Å². The number of terminal acetylenes is 1. The van der Waals surface area contributed by atoms with Crippen molar-refractivity contribution in [1.82, 2.24) is 0 Å². The summed E-state index contributed by atoms with van der Waals surface area (Å²) in [4.78, 5) is 0. The second-order valence-electron chi connectivity index (χ2n) is 5.51. The Hall–Kier alpha value is -0.520. The molecule has 0 aliphatic heterocycles. The molecular formula is C17H32O2. The first kappa shape index (κ1) is 18.5. The lowest BCUT2D eigenvalue weighted by atomic mass is 10.0. The molecule has 0 fully saturated rings. The highest BCUT2D eigenvalue weighted by Gasteiger charge is 2.13. The molecule has 2 atom stereocenters. The van der Waals surface area contributed by atoms with E-state index < -0.39 is 12.2 Å². The van der Waals surface area contributed by atoms with E-state index in [0.717, 1.165) is 12.8 Å². The maximum absolute atomic E-state index is 9.63. The van der Waals surface area contributed by atoms with Gasteiger partial charge in [-0.15, -0.1) is 12.3 Å². The summed E-state index contributed by atoms with van der Waals surface area (Å²) in [7, 11) is 0. The predicted octanol–water partition coefficient (Wildman–Crippen LogP) is 4.04. The molecule has 0 bridgehead atoms. The average Bonchev–Trinajstić information content (AvgIpc) is 2.41. The van der Waals surface area contributed by atoms with Crippen LogP contribution >= 0.6 is 0 Å². The predicted molar refractivity (Wildman–Crippen MR) is 81.9 cm³/mol. The third-order valence-corrected chi connectivity index (χ3v) is 3.62. The fourth-order valence-corrected chi connectivity index (χ4v) is 2.29. The zero-order chi connectivity index (χ0) is 14.3. The van der Waals surface area contributed by atoms with Crippen molar-refractivity contribution >= 4 is 0 Å². The third kappa shape index (κ3) is 12.3. The Morgan fingerprint density at radius 1 is 0.789 bits per heavy atom. The van der Waals surface area contributed by atoms with Crippen molar-refractivity contribution in [2.24, 2.45) is 0 Å². The van der Waals surface area contributed by atoms with Gasteiger partial charge >= 0.3 is 0 Å². The minimum Gasteiger partial charge on any atom is -0.390 e. The van der Waals surface area contributed by atoms with Gasteiger partial charge in [0.05, 0.1) is 12.2 Å². The van der Waals surface area contributed by atoms with E-state index in [1.54, 1.807) is 0 Å². The van der Waals surface area contributed by atoms with Gasteiger partial charge in [0, 0.05) is 6.42 Å². The SMILES string of the molecule is C#CC[C@@H](O)[C@H](O)CCCCCCCCCCCC. The molecule has 112 valence electrons. The first-order chi connectivity index (χ1) is 9.22. The highest BCUT2D eigenvalue weighted by molar-refractivity contribution is 4.89. The normalized spacial score (nSPS) is 14.0. The van der Waals surface area contributed by atoms with Crippen molar-refractivity contribution < 1.29 is 10.2 Å². The van der Waals surface area contributed by atoms with Crippen molar-refractivity contribution in [2.45, 2.75) is 96.2 Å². The molecule has 0 spiro atoms. The van der Waals surface area contributed by atoms with Gasteiger partial charge in [-0.1, -0.05) is 71.1 Å². The van der Waals surface area contributed by atoms with Crippen LogP contribution in [0.3, 0.4) is 0 Å². The molecule has 19 heavy (non-hydrogen) atoms. The summed E-state index contributed by atoms with van der Waals surface area (Å²) in [5.74, 6) is 2.38. The number of aliphatic hydroxyl groups excluding tert-OH is 2. The van der Waals surface area contributed by atoms with Crippen molar-refractivity contribution in [3.05, 3.63) is 0 Å². The molecule has 0 amide bonds. The molecule has 0 rings (SSSR count). The van der Waals surface area contributed by atoms with Gasteiger partial charge in [0.1, 0.15) is 0 Å². The third-order valence-electron chi connectivity index (χ3n) is 3.62. The quantitative estimate of drug-likeness (QED) is 0.391. The molecular weight excluding hydrogens is 236 g/mol. The average molecular weight is 268 g/mol. The van der Waals surface area contributed by atoms with Gasteiger partial charge in [-0.2, -0.15) is 0 Å². The molecule has 0 radical (unpaired) electrons. The lowest BCUT2D eigenvalue weighted by molar-refractivity contribution is 0.0165. The molecule has 2 N–H and O–H groups in total. The summed E-state index contributed by atoms with van der Waals surface area (Å²) >= 11 is 0. The zero-order valence-corrected chi connectivity index (χ0v) is 12.6. The van der Waals surface area contributed by atoms with Gasteiger partial charge in [0.2, 0.25) is 0 Å². The molecule has 2 nitrogen and oxygen atoms in total. The highest BCUT2D eigenvalue weighted by Crippen LogP contribution is 2.13. The summed E-state index contributed by atoms with van der Waals surface area (Å²) < 4.78 is 0. The molecule has 0 aromatic carbocycles. The van der Waals surface area contributed by atoms with Crippen LogP contribution in [0.15, 0.2) is 0 Å². The first-order valence-corrected chi connectivity index (χ1v) is 8.02. The van der Waals surface area contributed by atoms with Crippen LogP contribution in [-0.2, 0) is 0 Å². The van der Waals surface area contributed by atoms with E-state index in [1.807, 2.05) is 0 Å². The molecule has 0 aliphatic carbocycles. The van der Waals surface area contributed by atoms with Crippen molar-refractivity contribution in [2.75, 3.05) is 0 Å². The Morgan fingerprint density at radius 3 is 1.74 bits per heavy atom. The molecule has 0 aromatic rings. The smallest absolute Gasteiger partial charge is 0.0907 e. The molecule has 0 saturated carbocycles. The lowest BCUT2D eigenvalue weighted by Gasteiger charge is -2.15. The number of rotatable bonds is 13. The summed E-state index contributed by atoms with van der Waals surface area (Å²) in [5, 5.41) is 19.1. The van der Waals surface area contributed by atoms with Crippen LogP contribution < -0.4 is 0 Å². The van der Waals surface area contributed by atoms with Crippen LogP contribution in [-0.4, -0.2) is 22.4 Å². The molecule has 0 aromatic heterocycles. The van der Waals surface area contributed by atoms with Gasteiger partial charge in [-0.05, 0) is 6.42 Å². The topological polar surface area (TPSA) is 40.5 Å². The molecule has 0 heterocycles. The van der Waals surface area contributed by atoms with Crippen LogP contribution in [0.4, 0.5) is 0 Å². The fourth-order valence-electron chi connectivity index (χ4n) is 2.29. The van der Waals surface area contributed by atoms with Crippen LogP contribution in [0, 0.1) is 12.3 Å². The minimum atomic E-state index is -0.747. The molecule has 2 heteroatoms. The maximum atomic E-state index is 9.63. The van der Waals surface area contributed by atoms with Gasteiger partial charge in [0.15, 0.2) is 0 Å². The second kappa shape index (κ2) is 13.9. The van der Waals surface area contributed by atoms with Gasteiger partial charge in [-0.25, -0.2) is 0 Å². The second-order valence-corrected chi connectivity index (χ2v) is 5.51. The molecule has 0 saturated heterocycles. The van der Waals surface area contributed by atoms with Gasteiger partial charge in [-0.3, -0.25) is 0 Å². The van der Waals surface area contributed by atoms with Crippen LogP contribution in [0.25, 0.3) is 0 Å². The van der Waals surface area contributed by atoms with E-state index >= 15 is 0 Å². The Kier molecular flexibility index (Phi) is 13.5. The number of aliphatic hydroxyl groups is 2. The first-order valence-electron chi connectivity index (χ1n) is 8.02. The van der Waals surface area contributed by atoms with E-state index in [9.17, 15) is 10.2 Å². The Balaban J connectivity index is 3.20. The number of unbranched alkanes of at least 4 members (excludes halogenated alkanes) is 9. The van der Waals surface area contributed by atoms with Crippen molar-refractivity contribution in [3.8, 4) is 12.3 Å². The van der Waals surface area contributed by atoms with Gasteiger partial charge in [0.25, 0.3) is 0 Å². The van der Waals surface area contributed by atoms with E-state index in [2.05, 4.69) is 12.8 Å². The summed E-state index contributed by atoms with van der Waals surface area (Å²) in [6.07, 6.45) is 17.4. The number of hydrogen-bond acceptors (Lipinski definition) is 2. The molecule has 0 unspecified atom stereocenters. The number of hydrogen-bond donors (Lipinski definition) is 2. The highest BCUT2D eigenvalue weighted by atomic mass is 16.3. The molecule has 0 aliphatic rings. The van der Waals surface area contributed by atoms with E-state index in [-0.39, 0.29) is 6.42 Å². The van der Waals surface area contributed by atoms with E-state index in [4.69, 9.17) is 6.42 Å². The Bertz CT molecular complexity index is 220. The van der Waals surface area contributed by atoms with Gasteiger partial charge < -0.3 is 10.2 Å².